The Kier molecular flexibility index (Phi) is 6.93. The minimum absolute atomic E-state index is 0.0576. The van der Waals surface area contributed by atoms with Gasteiger partial charge in [-0.1, -0.05) is 59.3 Å². The molecule has 9 heteroatoms. The van der Waals surface area contributed by atoms with Gasteiger partial charge in [-0.2, -0.15) is 5.10 Å². The normalized spacial score (nSPS) is 11.1. The second-order valence-electron chi connectivity index (χ2n) is 7.67. The van der Waals surface area contributed by atoms with Crippen LogP contribution in [0, 0.1) is 13.8 Å². The summed E-state index contributed by atoms with van der Waals surface area (Å²) >= 11 is 1.25. The van der Waals surface area contributed by atoms with Gasteiger partial charge in [0, 0.05) is 22.9 Å². The van der Waals surface area contributed by atoms with Crippen LogP contribution >= 0.6 is 11.8 Å². The fraction of sp³-hybridized carbons (Fsp3) is 0.120. The maximum atomic E-state index is 12.3. The summed E-state index contributed by atoms with van der Waals surface area (Å²) in [6.45, 7) is 4.05. The molecule has 172 valence electrons. The molecule has 8 nitrogen and oxygen atoms in total. The van der Waals surface area contributed by atoms with Gasteiger partial charge in [0.25, 0.3) is 5.91 Å². The van der Waals surface area contributed by atoms with Crippen LogP contribution in [0.4, 0.5) is 0 Å². The van der Waals surface area contributed by atoms with E-state index in [4.69, 9.17) is 0 Å². The lowest BCUT2D eigenvalue weighted by atomic mass is 10.1. The lowest BCUT2D eigenvalue weighted by Crippen LogP contribution is -2.20. The minimum atomic E-state index is -0.338. The molecule has 0 atom stereocenters. The van der Waals surface area contributed by atoms with E-state index in [0.29, 0.717) is 16.5 Å². The van der Waals surface area contributed by atoms with Crippen LogP contribution in [0.2, 0.25) is 0 Å². The molecule has 3 aromatic carbocycles. The van der Waals surface area contributed by atoms with Crippen molar-refractivity contribution in [2.75, 3.05) is 5.75 Å². The SMILES string of the molecule is Cc1ccc(-c2nnc(SCC(=O)N/N=C/c3ccc(O)cc3O)n2-c2ccc(C)cc2)cc1. The summed E-state index contributed by atoms with van der Waals surface area (Å²) in [6.07, 6.45) is 1.31. The summed E-state index contributed by atoms with van der Waals surface area (Å²) in [5, 5.41) is 32.3. The average Bonchev–Trinajstić information content (AvgIpc) is 3.24. The number of hydrazone groups is 1. The Labute approximate surface area is 201 Å². The van der Waals surface area contributed by atoms with E-state index in [1.165, 1.54) is 36.2 Å². The monoisotopic (exact) mass is 473 g/mol. The van der Waals surface area contributed by atoms with Gasteiger partial charge in [-0.05, 0) is 38.1 Å². The Morgan fingerprint density at radius 3 is 2.35 bits per heavy atom. The number of aryl methyl sites for hydroxylation is 2. The van der Waals surface area contributed by atoms with E-state index in [-0.39, 0.29) is 23.2 Å². The molecule has 0 aliphatic heterocycles. The number of aromatic nitrogens is 3. The van der Waals surface area contributed by atoms with Crippen LogP contribution < -0.4 is 5.43 Å². The van der Waals surface area contributed by atoms with E-state index in [1.54, 1.807) is 0 Å². The Morgan fingerprint density at radius 1 is 1.00 bits per heavy atom. The lowest BCUT2D eigenvalue weighted by molar-refractivity contribution is -0.118. The second-order valence-corrected chi connectivity index (χ2v) is 8.61. The first kappa shape index (κ1) is 23.1. The van der Waals surface area contributed by atoms with Crippen LogP contribution in [-0.4, -0.2) is 42.9 Å². The zero-order chi connectivity index (χ0) is 24.1. The predicted octanol–water partition coefficient (Wildman–Crippen LogP) is 4.20. The van der Waals surface area contributed by atoms with Gasteiger partial charge in [0.05, 0.1) is 12.0 Å². The zero-order valence-corrected chi connectivity index (χ0v) is 19.5. The van der Waals surface area contributed by atoms with Gasteiger partial charge in [0.1, 0.15) is 11.5 Å². The van der Waals surface area contributed by atoms with Crippen molar-refractivity contribution >= 4 is 23.9 Å². The Morgan fingerprint density at radius 2 is 1.68 bits per heavy atom. The number of aromatic hydroxyl groups is 2. The van der Waals surface area contributed by atoms with Gasteiger partial charge in [-0.15, -0.1) is 10.2 Å². The molecule has 0 spiro atoms. The molecule has 0 radical (unpaired) electrons. The molecule has 0 bridgehead atoms. The third-order valence-corrected chi connectivity index (χ3v) is 5.90. The number of phenols is 2. The Hall–Kier alpha value is -4.11. The van der Waals surface area contributed by atoms with Crippen molar-refractivity contribution in [2.45, 2.75) is 19.0 Å². The molecule has 4 aromatic rings. The Balaban J connectivity index is 1.51. The molecule has 0 aliphatic rings. The third kappa shape index (κ3) is 5.44. The van der Waals surface area contributed by atoms with Gasteiger partial charge in [0.2, 0.25) is 0 Å². The highest BCUT2D eigenvalue weighted by Crippen LogP contribution is 2.28. The average molecular weight is 474 g/mol. The van der Waals surface area contributed by atoms with Crippen LogP contribution in [-0.2, 0) is 4.79 Å². The van der Waals surface area contributed by atoms with Crippen molar-refractivity contribution in [2.24, 2.45) is 5.10 Å². The van der Waals surface area contributed by atoms with Crippen molar-refractivity contribution in [3.05, 3.63) is 83.4 Å². The van der Waals surface area contributed by atoms with E-state index in [1.807, 2.05) is 66.9 Å². The highest BCUT2D eigenvalue weighted by atomic mass is 32.2. The number of nitrogens with one attached hydrogen (secondary N) is 1. The van der Waals surface area contributed by atoms with E-state index >= 15 is 0 Å². The molecular formula is C25H23N5O3S. The summed E-state index contributed by atoms with van der Waals surface area (Å²) in [6, 6.07) is 20.2. The number of thioether (sulfide) groups is 1. The quantitative estimate of drug-likeness (QED) is 0.211. The maximum absolute atomic E-state index is 12.3. The summed E-state index contributed by atoms with van der Waals surface area (Å²) in [7, 11) is 0. The van der Waals surface area contributed by atoms with Crippen molar-refractivity contribution in [1.82, 2.24) is 20.2 Å². The molecule has 0 aliphatic carbocycles. The molecule has 3 N–H and O–H groups in total. The smallest absolute Gasteiger partial charge is 0.250 e. The fourth-order valence-corrected chi connectivity index (χ4v) is 3.90. The van der Waals surface area contributed by atoms with E-state index in [2.05, 4.69) is 20.7 Å². The molecule has 34 heavy (non-hydrogen) atoms. The van der Waals surface area contributed by atoms with E-state index in [9.17, 15) is 15.0 Å². The number of amides is 1. The van der Waals surface area contributed by atoms with Crippen LogP contribution in [0.15, 0.2) is 77.0 Å². The standard InChI is InChI=1S/C25H23N5O3S/c1-16-3-7-18(8-4-16)24-28-29-25(30(24)20-10-5-17(2)6-11-20)34-15-23(33)27-26-14-19-9-12-21(31)13-22(19)32/h3-14,31-32H,15H2,1-2H3,(H,27,33)/b26-14+. The largest absolute Gasteiger partial charge is 0.508 e. The van der Waals surface area contributed by atoms with Crippen molar-refractivity contribution in [3.63, 3.8) is 0 Å². The molecule has 0 unspecified atom stereocenters. The number of hydrogen-bond donors (Lipinski definition) is 3. The number of rotatable bonds is 7. The summed E-state index contributed by atoms with van der Waals surface area (Å²) in [5.41, 5.74) is 6.91. The first-order valence-electron chi connectivity index (χ1n) is 10.5. The molecule has 1 heterocycles. The van der Waals surface area contributed by atoms with Crippen molar-refractivity contribution in [1.29, 1.82) is 0 Å². The topological polar surface area (TPSA) is 113 Å². The maximum Gasteiger partial charge on any atom is 0.250 e. The van der Waals surface area contributed by atoms with E-state index in [0.717, 1.165) is 22.4 Å². The highest BCUT2D eigenvalue weighted by molar-refractivity contribution is 7.99. The third-order valence-electron chi connectivity index (χ3n) is 4.97. The lowest BCUT2D eigenvalue weighted by Gasteiger charge is -2.11. The first-order chi connectivity index (χ1) is 16.4. The first-order valence-corrected chi connectivity index (χ1v) is 11.5. The summed E-state index contributed by atoms with van der Waals surface area (Å²) in [5.74, 6) is 0.221. The molecule has 1 aromatic heterocycles. The Bertz CT molecular complexity index is 1330. The molecule has 4 rings (SSSR count). The van der Waals surface area contributed by atoms with Crippen molar-refractivity contribution < 1.29 is 15.0 Å². The number of hydrogen-bond acceptors (Lipinski definition) is 7. The van der Waals surface area contributed by atoms with Gasteiger partial charge >= 0.3 is 0 Å². The summed E-state index contributed by atoms with van der Waals surface area (Å²) < 4.78 is 1.93. The van der Waals surface area contributed by atoms with Gasteiger partial charge < -0.3 is 10.2 Å². The summed E-state index contributed by atoms with van der Waals surface area (Å²) in [4.78, 5) is 12.3. The molecule has 0 saturated heterocycles. The van der Waals surface area contributed by atoms with Gasteiger partial charge in [0.15, 0.2) is 11.0 Å². The zero-order valence-electron chi connectivity index (χ0n) is 18.6. The fourth-order valence-electron chi connectivity index (χ4n) is 3.16. The van der Waals surface area contributed by atoms with Gasteiger partial charge in [-0.3, -0.25) is 9.36 Å². The number of benzene rings is 3. The second kappa shape index (κ2) is 10.2. The molecule has 1 amide bonds. The molecular weight excluding hydrogens is 450 g/mol. The highest BCUT2D eigenvalue weighted by Gasteiger charge is 2.17. The van der Waals surface area contributed by atoms with Gasteiger partial charge in [-0.25, -0.2) is 5.43 Å². The number of carbonyl (C=O) groups is 1. The predicted molar refractivity (Wildman–Crippen MR) is 133 cm³/mol. The van der Waals surface area contributed by atoms with Crippen LogP contribution in [0.5, 0.6) is 11.5 Å². The van der Waals surface area contributed by atoms with Crippen molar-refractivity contribution in [3.8, 4) is 28.6 Å². The molecule has 0 saturated carbocycles. The molecule has 0 fully saturated rings. The number of phenolic OH excluding ortho intramolecular Hbond substituents is 2. The van der Waals surface area contributed by atoms with Crippen LogP contribution in [0.25, 0.3) is 17.1 Å². The minimum Gasteiger partial charge on any atom is -0.508 e. The van der Waals surface area contributed by atoms with E-state index < -0.39 is 0 Å². The number of carbonyl (C=O) groups excluding carboxylic acids is 1. The number of nitrogens with zero attached hydrogens (tertiary/aromatic N) is 4. The van der Waals surface area contributed by atoms with Crippen LogP contribution in [0.3, 0.4) is 0 Å². The van der Waals surface area contributed by atoms with Crippen LogP contribution in [0.1, 0.15) is 16.7 Å².